The first-order valence-electron chi connectivity index (χ1n) is 15.9. The second-order valence-corrected chi connectivity index (χ2v) is 14.1. The average molecular weight is 672 g/mol. The molecule has 2 amide bonds. The number of methoxy groups -OCH3 is 2. The number of carbonyl (C=O) groups is 2. The zero-order valence-electron chi connectivity index (χ0n) is 28.5. The van der Waals surface area contributed by atoms with Gasteiger partial charge in [0.1, 0.15) is 12.6 Å². The summed E-state index contributed by atoms with van der Waals surface area (Å²) in [6.07, 6.45) is 0.239. The molecule has 0 saturated heterocycles. The lowest BCUT2D eigenvalue weighted by molar-refractivity contribution is -0.140. The number of hydrogen-bond donors (Lipinski definition) is 1. The third kappa shape index (κ3) is 9.16. The van der Waals surface area contributed by atoms with Crippen molar-refractivity contribution in [2.24, 2.45) is 5.92 Å². The van der Waals surface area contributed by atoms with Gasteiger partial charge in [0.05, 0.1) is 24.8 Å². The second-order valence-electron chi connectivity index (χ2n) is 12.2. The SMILES string of the molecule is COc1ccc(N(CC(=O)N(Cc2cccc(C)c2)C(Cc2ccccc2)C(=O)NCC(C)C)S(=O)(=O)c2ccc(C)cc2)cc1OC. The summed E-state index contributed by atoms with van der Waals surface area (Å²) in [5, 5.41) is 3.01. The first kappa shape index (κ1) is 36.0. The number of anilines is 1. The quantitative estimate of drug-likeness (QED) is 0.168. The number of carbonyl (C=O) groups excluding carboxylic acids is 2. The molecule has 4 rings (SSSR count). The Kier molecular flexibility index (Phi) is 12.2. The van der Waals surface area contributed by atoms with Gasteiger partial charge in [-0.1, -0.05) is 91.7 Å². The summed E-state index contributed by atoms with van der Waals surface area (Å²) in [6, 6.07) is 27.4. The molecule has 0 saturated carbocycles. The largest absolute Gasteiger partial charge is 0.493 e. The summed E-state index contributed by atoms with van der Waals surface area (Å²) in [6.45, 7) is 7.78. The van der Waals surface area contributed by atoms with Crippen LogP contribution in [0.15, 0.2) is 102 Å². The van der Waals surface area contributed by atoms with Gasteiger partial charge in [-0.15, -0.1) is 0 Å². The predicted molar refractivity (Wildman–Crippen MR) is 189 cm³/mol. The normalized spacial score (nSPS) is 11.9. The van der Waals surface area contributed by atoms with Crippen LogP contribution < -0.4 is 19.1 Å². The first-order valence-corrected chi connectivity index (χ1v) is 17.3. The fourth-order valence-electron chi connectivity index (χ4n) is 5.33. The molecule has 0 heterocycles. The van der Waals surface area contributed by atoms with Crippen LogP contribution in [0.5, 0.6) is 11.5 Å². The van der Waals surface area contributed by atoms with Crippen molar-refractivity contribution in [2.75, 3.05) is 31.6 Å². The summed E-state index contributed by atoms with van der Waals surface area (Å²) >= 11 is 0. The van der Waals surface area contributed by atoms with E-state index in [2.05, 4.69) is 5.32 Å². The number of ether oxygens (including phenoxy) is 2. The standard InChI is InChI=1S/C38H45N3O6S/c1-27(2)24-39-38(43)34(22-30-12-8-7-9-13-30)40(25-31-14-10-11-29(4)21-31)37(42)26-41(32-17-20-35(46-5)36(23-32)47-6)48(44,45)33-18-15-28(3)16-19-33/h7-21,23,27,34H,22,24-26H2,1-6H3,(H,39,43). The molecule has 1 atom stereocenters. The minimum absolute atomic E-state index is 0.0245. The van der Waals surface area contributed by atoms with Gasteiger partial charge in [-0.05, 0) is 55.2 Å². The molecule has 48 heavy (non-hydrogen) atoms. The lowest BCUT2D eigenvalue weighted by Gasteiger charge is -2.34. The van der Waals surface area contributed by atoms with Crippen LogP contribution >= 0.6 is 0 Å². The van der Waals surface area contributed by atoms with E-state index in [0.717, 1.165) is 26.6 Å². The van der Waals surface area contributed by atoms with Crippen LogP contribution in [0.1, 0.15) is 36.1 Å². The van der Waals surface area contributed by atoms with E-state index in [9.17, 15) is 18.0 Å². The number of sulfonamides is 1. The van der Waals surface area contributed by atoms with Gasteiger partial charge in [0, 0.05) is 25.6 Å². The number of nitrogens with zero attached hydrogens (tertiary/aromatic N) is 2. The molecule has 0 aliphatic rings. The molecule has 1 unspecified atom stereocenters. The van der Waals surface area contributed by atoms with E-state index < -0.39 is 28.5 Å². The van der Waals surface area contributed by atoms with E-state index in [-0.39, 0.29) is 35.4 Å². The fourth-order valence-corrected chi connectivity index (χ4v) is 6.74. The molecule has 0 aliphatic heterocycles. The highest BCUT2D eigenvalue weighted by molar-refractivity contribution is 7.92. The molecular weight excluding hydrogens is 627 g/mol. The lowest BCUT2D eigenvalue weighted by atomic mass is 10.0. The maximum atomic E-state index is 14.7. The molecule has 0 bridgehead atoms. The predicted octanol–water partition coefficient (Wildman–Crippen LogP) is 5.93. The highest BCUT2D eigenvalue weighted by Crippen LogP contribution is 2.34. The summed E-state index contributed by atoms with van der Waals surface area (Å²) in [7, 11) is -1.32. The van der Waals surface area contributed by atoms with Gasteiger partial charge in [-0.2, -0.15) is 0 Å². The Balaban J connectivity index is 1.84. The highest BCUT2D eigenvalue weighted by Gasteiger charge is 2.35. The molecule has 10 heteroatoms. The van der Waals surface area contributed by atoms with Crippen LogP contribution in [0.4, 0.5) is 5.69 Å². The first-order chi connectivity index (χ1) is 22.9. The molecule has 1 N–H and O–H groups in total. The topological polar surface area (TPSA) is 105 Å². The Labute approximate surface area is 284 Å². The van der Waals surface area contributed by atoms with Gasteiger partial charge >= 0.3 is 0 Å². The maximum Gasteiger partial charge on any atom is 0.264 e. The molecule has 0 aromatic heterocycles. The molecule has 0 fully saturated rings. The number of nitrogens with one attached hydrogen (secondary N) is 1. The molecule has 4 aromatic rings. The van der Waals surface area contributed by atoms with Crippen molar-refractivity contribution in [3.8, 4) is 11.5 Å². The van der Waals surface area contributed by atoms with Crippen molar-refractivity contribution >= 4 is 27.5 Å². The second kappa shape index (κ2) is 16.3. The van der Waals surface area contributed by atoms with Gasteiger partial charge in [0.15, 0.2) is 11.5 Å². The summed E-state index contributed by atoms with van der Waals surface area (Å²) in [5.41, 5.74) is 3.78. The maximum absolute atomic E-state index is 14.7. The lowest BCUT2D eigenvalue weighted by Crippen LogP contribution is -2.53. The van der Waals surface area contributed by atoms with E-state index in [1.54, 1.807) is 24.3 Å². The minimum Gasteiger partial charge on any atom is -0.493 e. The van der Waals surface area contributed by atoms with Crippen LogP contribution in [-0.4, -0.2) is 58.5 Å². The van der Waals surface area contributed by atoms with E-state index in [1.165, 1.54) is 37.3 Å². The van der Waals surface area contributed by atoms with Crippen molar-refractivity contribution in [2.45, 2.75) is 51.6 Å². The van der Waals surface area contributed by atoms with E-state index in [1.807, 2.05) is 82.3 Å². The Hall–Kier alpha value is -4.83. The van der Waals surface area contributed by atoms with Gasteiger partial charge < -0.3 is 19.7 Å². The monoisotopic (exact) mass is 671 g/mol. The fraction of sp³-hybridized carbons (Fsp3) is 0.316. The Morgan fingerprint density at radius 1 is 0.771 bits per heavy atom. The van der Waals surface area contributed by atoms with Gasteiger partial charge in [-0.25, -0.2) is 8.42 Å². The molecule has 254 valence electrons. The van der Waals surface area contributed by atoms with E-state index in [4.69, 9.17) is 9.47 Å². The summed E-state index contributed by atoms with van der Waals surface area (Å²) in [5.74, 6) is 0.0481. The van der Waals surface area contributed by atoms with Crippen molar-refractivity contribution < 1.29 is 27.5 Å². The van der Waals surface area contributed by atoms with Crippen LogP contribution in [0.25, 0.3) is 0 Å². The molecule has 9 nitrogen and oxygen atoms in total. The molecule has 4 aromatic carbocycles. The van der Waals surface area contributed by atoms with Crippen LogP contribution in [-0.2, 0) is 32.6 Å². The smallest absolute Gasteiger partial charge is 0.264 e. The summed E-state index contributed by atoms with van der Waals surface area (Å²) in [4.78, 5) is 30.2. The minimum atomic E-state index is -4.26. The zero-order chi connectivity index (χ0) is 34.8. The molecular formula is C38H45N3O6S. The number of rotatable bonds is 15. The highest BCUT2D eigenvalue weighted by atomic mass is 32.2. The Bertz CT molecular complexity index is 1790. The molecule has 0 spiro atoms. The zero-order valence-corrected chi connectivity index (χ0v) is 29.3. The van der Waals surface area contributed by atoms with Crippen molar-refractivity contribution in [3.05, 3.63) is 119 Å². The Morgan fingerprint density at radius 3 is 2.06 bits per heavy atom. The van der Waals surface area contributed by atoms with Crippen molar-refractivity contribution in [3.63, 3.8) is 0 Å². The van der Waals surface area contributed by atoms with Gasteiger partial charge in [0.2, 0.25) is 11.8 Å². The molecule has 0 aliphatic carbocycles. The van der Waals surface area contributed by atoms with E-state index in [0.29, 0.717) is 18.0 Å². The van der Waals surface area contributed by atoms with Crippen molar-refractivity contribution in [1.82, 2.24) is 10.2 Å². The average Bonchev–Trinajstić information content (AvgIpc) is 3.07. The van der Waals surface area contributed by atoms with Crippen LogP contribution in [0, 0.1) is 19.8 Å². The number of amides is 2. The van der Waals surface area contributed by atoms with Crippen LogP contribution in [0.3, 0.4) is 0 Å². The molecule has 0 radical (unpaired) electrons. The summed E-state index contributed by atoms with van der Waals surface area (Å²) < 4.78 is 40.6. The third-order valence-corrected chi connectivity index (χ3v) is 9.72. The van der Waals surface area contributed by atoms with Gasteiger partial charge in [0.25, 0.3) is 10.0 Å². The number of benzene rings is 4. The Morgan fingerprint density at radius 2 is 1.44 bits per heavy atom. The van der Waals surface area contributed by atoms with Gasteiger partial charge in [-0.3, -0.25) is 13.9 Å². The van der Waals surface area contributed by atoms with E-state index >= 15 is 0 Å². The van der Waals surface area contributed by atoms with Crippen molar-refractivity contribution in [1.29, 1.82) is 0 Å². The number of hydrogen-bond acceptors (Lipinski definition) is 6. The van der Waals surface area contributed by atoms with Crippen LogP contribution in [0.2, 0.25) is 0 Å². The number of aryl methyl sites for hydroxylation is 2. The third-order valence-electron chi connectivity index (χ3n) is 7.93.